The van der Waals surface area contributed by atoms with Crippen molar-refractivity contribution in [2.24, 2.45) is 4.99 Å². The quantitative estimate of drug-likeness (QED) is 0.328. The molecular formula is C23H31F2IN4O. The van der Waals surface area contributed by atoms with Crippen molar-refractivity contribution in [3.8, 4) is 0 Å². The SMILES string of the molecule is CN=C(NCc1cc(F)ccc1F)NCc1ccccc1CN1CC(C)OC(C)C1.I. The molecule has 0 aliphatic carbocycles. The lowest BCUT2D eigenvalue weighted by molar-refractivity contribution is -0.0705. The van der Waals surface area contributed by atoms with E-state index in [2.05, 4.69) is 46.5 Å². The summed E-state index contributed by atoms with van der Waals surface area (Å²) in [5.41, 5.74) is 2.68. The number of nitrogens with one attached hydrogen (secondary N) is 2. The number of guanidine groups is 1. The fraction of sp³-hybridized carbons (Fsp3) is 0.435. The Kier molecular flexibility index (Phi) is 10.1. The van der Waals surface area contributed by atoms with E-state index in [1.165, 1.54) is 17.2 Å². The first kappa shape index (κ1) is 25.5. The highest BCUT2D eigenvalue weighted by Crippen LogP contribution is 2.17. The molecule has 0 radical (unpaired) electrons. The van der Waals surface area contributed by atoms with Gasteiger partial charge in [0.05, 0.1) is 12.2 Å². The standard InChI is InChI=1S/C23H30F2N4O.HI/c1-16-13-29(14-17(2)30-16)15-19-7-5-4-6-18(19)11-27-23(26-3)28-12-20-10-21(24)8-9-22(20)25;/h4-10,16-17H,11-15H2,1-3H3,(H2,26,27,28);1H. The van der Waals surface area contributed by atoms with Crippen LogP contribution in [0.4, 0.5) is 8.78 Å². The molecule has 0 bridgehead atoms. The van der Waals surface area contributed by atoms with E-state index in [4.69, 9.17) is 4.74 Å². The molecule has 1 fully saturated rings. The molecule has 0 spiro atoms. The number of benzene rings is 2. The van der Waals surface area contributed by atoms with Gasteiger partial charge in [0.15, 0.2) is 5.96 Å². The van der Waals surface area contributed by atoms with Gasteiger partial charge in [-0.05, 0) is 43.2 Å². The third kappa shape index (κ3) is 7.69. The van der Waals surface area contributed by atoms with Crippen LogP contribution in [0.25, 0.3) is 0 Å². The highest BCUT2D eigenvalue weighted by atomic mass is 127. The van der Waals surface area contributed by atoms with E-state index >= 15 is 0 Å². The average Bonchev–Trinajstić information content (AvgIpc) is 2.71. The minimum atomic E-state index is -0.461. The van der Waals surface area contributed by atoms with Crippen LogP contribution in [0.2, 0.25) is 0 Å². The largest absolute Gasteiger partial charge is 0.373 e. The normalized spacial score (nSPS) is 19.6. The number of rotatable bonds is 6. The minimum absolute atomic E-state index is 0. The monoisotopic (exact) mass is 544 g/mol. The number of ether oxygens (including phenoxy) is 1. The summed E-state index contributed by atoms with van der Waals surface area (Å²) >= 11 is 0. The second-order valence-corrected chi connectivity index (χ2v) is 7.74. The Morgan fingerprint density at radius 3 is 2.26 bits per heavy atom. The molecule has 2 unspecified atom stereocenters. The molecule has 5 nitrogen and oxygen atoms in total. The predicted octanol–water partition coefficient (Wildman–Crippen LogP) is 4.06. The van der Waals surface area contributed by atoms with Crippen LogP contribution in [0.15, 0.2) is 47.5 Å². The number of aliphatic imine (C=N–C) groups is 1. The second-order valence-electron chi connectivity index (χ2n) is 7.74. The second kappa shape index (κ2) is 12.3. The van der Waals surface area contributed by atoms with E-state index in [0.717, 1.165) is 31.8 Å². The summed E-state index contributed by atoms with van der Waals surface area (Å²) in [6.07, 6.45) is 0.454. The molecule has 0 saturated carbocycles. The van der Waals surface area contributed by atoms with Crippen LogP contribution in [-0.4, -0.2) is 43.2 Å². The molecule has 1 aliphatic rings. The van der Waals surface area contributed by atoms with Crippen molar-refractivity contribution in [2.45, 2.75) is 45.7 Å². The van der Waals surface area contributed by atoms with Crippen molar-refractivity contribution < 1.29 is 13.5 Å². The lowest BCUT2D eigenvalue weighted by Gasteiger charge is -2.35. The molecule has 31 heavy (non-hydrogen) atoms. The topological polar surface area (TPSA) is 48.9 Å². The summed E-state index contributed by atoms with van der Waals surface area (Å²) in [5.74, 6) is -0.377. The Balaban J connectivity index is 0.00000341. The van der Waals surface area contributed by atoms with Crippen LogP contribution in [0, 0.1) is 11.6 Å². The first-order valence-electron chi connectivity index (χ1n) is 10.3. The van der Waals surface area contributed by atoms with Gasteiger partial charge in [0, 0.05) is 45.3 Å². The summed E-state index contributed by atoms with van der Waals surface area (Å²) in [4.78, 5) is 6.60. The zero-order chi connectivity index (χ0) is 21.5. The Morgan fingerprint density at radius 1 is 1.00 bits per heavy atom. The van der Waals surface area contributed by atoms with Crippen molar-refractivity contribution in [3.63, 3.8) is 0 Å². The van der Waals surface area contributed by atoms with Gasteiger partial charge in [-0.3, -0.25) is 9.89 Å². The lowest BCUT2D eigenvalue weighted by Crippen LogP contribution is -2.45. The third-order valence-electron chi connectivity index (χ3n) is 5.13. The van der Waals surface area contributed by atoms with Crippen molar-refractivity contribution in [1.29, 1.82) is 0 Å². The summed E-state index contributed by atoms with van der Waals surface area (Å²) in [6.45, 7) is 7.62. The molecule has 8 heteroatoms. The van der Waals surface area contributed by atoms with Gasteiger partial charge in [-0.25, -0.2) is 8.78 Å². The van der Waals surface area contributed by atoms with Crippen LogP contribution in [0.5, 0.6) is 0 Å². The van der Waals surface area contributed by atoms with Crippen molar-refractivity contribution >= 4 is 29.9 Å². The molecule has 170 valence electrons. The van der Waals surface area contributed by atoms with Crippen molar-refractivity contribution in [3.05, 3.63) is 70.8 Å². The number of hydrogen-bond donors (Lipinski definition) is 2. The van der Waals surface area contributed by atoms with E-state index in [9.17, 15) is 8.78 Å². The Labute approximate surface area is 200 Å². The van der Waals surface area contributed by atoms with Gasteiger partial charge >= 0.3 is 0 Å². The molecule has 3 rings (SSSR count). The molecule has 0 aromatic heterocycles. The fourth-order valence-electron chi connectivity index (χ4n) is 3.80. The highest BCUT2D eigenvalue weighted by Gasteiger charge is 2.22. The van der Waals surface area contributed by atoms with Crippen molar-refractivity contribution in [1.82, 2.24) is 15.5 Å². The number of nitrogens with zero attached hydrogens (tertiary/aromatic N) is 2. The maximum atomic E-state index is 13.8. The Bertz CT molecular complexity index is 870. The summed E-state index contributed by atoms with van der Waals surface area (Å²) in [6, 6.07) is 11.7. The summed E-state index contributed by atoms with van der Waals surface area (Å²) < 4.78 is 33.0. The molecular weight excluding hydrogens is 513 g/mol. The number of hydrogen-bond acceptors (Lipinski definition) is 3. The fourth-order valence-corrected chi connectivity index (χ4v) is 3.80. The summed E-state index contributed by atoms with van der Waals surface area (Å²) in [5, 5.41) is 6.31. The molecule has 2 aromatic rings. The van der Waals surface area contributed by atoms with E-state index in [1.807, 2.05) is 12.1 Å². The van der Waals surface area contributed by atoms with Crippen LogP contribution < -0.4 is 10.6 Å². The predicted molar refractivity (Wildman–Crippen MR) is 131 cm³/mol. The number of halogens is 3. The first-order chi connectivity index (χ1) is 14.4. The van der Waals surface area contributed by atoms with E-state index < -0.39 is 11.6 Å². The molecule has 2 aromatic carbocycles. The Hall–Kier alpha value is -1.78. The highest BCUT2D eigenvalue weighted by molar-refractivity contribution is 14.0. The van der Waals surface area contributed by atoms with Crippen LogP contribution in [-0.2, 0) is 24.4 Å². The van der Waals surface area contributed by atoms with Gasteiger partial charge in [0.2, 0.25) is 0 Å². The van der Waals surface area contributed by atoms with Gasteiger partial charge < -0.3 is 15.4 Å². The average molecular weight is 544 g/mol. The van der Waals surface area contributed by atoms with Gasteiger partial charge in [0.1, 0.15) is 11.6 Å². The zero-order valence-electron chi connectivity index (χ0n) is 18.2. The van der Waals surface area contributed by atoms with Gasteiger partial charge in [0.25, 0.3) is 0 Å². The smallest absolute Gasteiger partial charge is 0.191 e. The van der Waals surface area contributed by atoms with Gasteiger partial charge in [-0.15, -0.1) is 24.0 Å². The summed E-state index contributed by atoms with van der Waals surface area (Å²) in [7, 11) is 1.65. The lowest BCUT2D eigenvalue weighted by atomic mass is 10.1. The maximum absolute atomic E-state index is 13.8. The Morgan fingerprint density at radius 2 is 1.61 bits per heavy atom. The molecule has 1 heterocycles. The van der Waals surface area contributed by atoms with E-state index in [0.29, 0.717) is 12.5 Å². The van der Waals surface area contributed by atoms with Crippen LogP contribution in [0.1, 0.15) is 30.5 Å². The van der Waals surface area contributed by atoms with Gasteiger partial charge in [-0.2, -0.15) is 0 Å². The minimum Gasteiger partial charge on any atom is -0.373 e. The van der Waals surface area contributed by atoms with Crippen LogP contribution in [0.3, 0.4) is 0 Å². The first-order valence-corrected chi connectivity index (χ1v) is 10.3. The molecule has 2 atom stereocenters. The third-order valence-corrected chi connectivity index (χ3v) is 5.13. The van der Waals surface area contributed by atoms with E-state index in [1.54, 1.807) is 7.05 Å². The molecule has 1 saturated heterocycles. The molecule has 1 aliphatic heterocycles. The van der Waals surface area contributed by atoms with Crippen molar-refractivity contribution in [2.75, 3.05) is 20.1 Å². The van der Waals surface area contributed by atoms with Gasteiger partial charge in [-0.1, -0.05) is 24.3 Å². The van der Waals surface area contributed by atoms with Crippen LogP contribution >= 0.6 is 24.0 Å². The molecule has 2 N–H and O–H groups in total. The zero-order valence-corrected chi connectivity index (χ0v) is 20.5. The van der Waals surface area contributed by atoms with E-state index in [-0.39, 0.29) is 48.3 Å². The maximum Gasteiger partial charge on any atom is 0.191 e. The molecule has 0 amide bonds. The number of morpholine rings is 1.